The predicted molar refractivity (Wildman–Crippen MR) is 155 cm³/mol. The maximum atomic E-state index is 13.9. The van der Waals surface area contributed by atoms with Crippen molar-refractivity contribution in [2.75, 3.05) is 45.4 Å². The van der Waals surface area contributed by atoms with Crippen molar-refractivity contribution in [3.05, 3.63) is 70.0 Å². The van der Waals surface area contributed by atoms with Crippen molar-refractivity contribution < 1.29 is 40.6 Å². The molecule has 18 heteroatoms. The molecule has 0 radical (unpaired) electrons. The van der Waals surface area contributed by atoms with E-state index >= 15 is 0 Å². The maximum Gasteiger partial charge on any atom is 0.435 e. The summed E-state index contributed by atoms with van der Waals surface area (Å²) in [6, 6.07) is 6.48. The lowest BCUT2D eigenvalue weighted by atomic mass is 10.0. The number of hydrogen-bond donors (Lipinski definition) is 0. The van der Waals surface area contributed by atoms with Gasteiger partial charge in [-0.25, -0.2) is 14.6 Å². The van der Waals surface area contributed by atoms with Crippen LogP contribution in [-0.2, 0) is 35.0 Å². The number of benzene rings is 1. The van der Waals surface area contributed by atoms with Gasteiger partial charge in [-0.2, -0.15) is 36.5 Å². The second kappa shape index (κ2) is 13.5. The summed E-state index contributed by atoms with van der Waals surface area (Å²) in [6.07, 6.45) is -5.82. The third-order valence-corrected chi connectivity index (χ3v) is 7.85. The topological polar surface area (TPSA) is 120 Å². The summed E-state index contributed by atoms with van der Waals surface area (Å²) in [5.41, 5.74) is -2.73. The van der Waals surface area contributed by atoms with Gasteiger partial charge in [-0.15, -0.1) is 0 Å². The Hall–Kier alpha value is -4.74. The van der Waals surface area contributed by atoms with Gasteiger partial charge in [0.1, 0.15) is 17.7 Å². The molecule has 1 saturated heterocycles. The molecule has 4 heterocycles. The Kier molecular flexibility index (Phi) is 9.69. The van der Waals surface area contributed by atoms with E-state index in [0.29, 0.717) is 37.2 Å². The van der Waals surface area contributed by atoms with Crippen molar-refractivity contribution in [3.8, 4) is 5.75 Å². The van der Waals surface area contributed by atoms with Gasteiger partial charge in [-0.3, -0.25) is 14.3 Å². The van der Waals surface area contributed by atoms with E-state index in [-0.39, 0.29) is 49.7 Å². The average Bonchev–Trinajstić information content (AvgIpc) is 3.44. The van der Waals surface area contributed by atoms with Crippen LogP contribution in [0.4, 0.5) is 32.3 Å². The quantitative estimate of drug-likeness (QED) is 0.184. The highest BCUT2D eigenvalue weighted by Gasteiger charge is 2.39. The van der Waals surface area contributed by atoms with E-state index in [4.69, 9.17) is 9.47 Å². The fourth-order valence-corrected chi connectivity index (χ4v) is 5.21. The van der Waals surface area contributed by atoms with Crippen molar-refractivity contribution in [2.24, 2.45) is 0 Å². The SMILES string of the molecule is COc1ccc(Cn2ncc3c(c(C(F)(F)F)nn3CCOCC(=O)N(C)C3CCN(c4ncc(C(F)(F)F)cn4)CC3)c2=O)cc1. The summed E-state index contributed by atoms with van der Waals surface area (Å²) < 4.78 is 92.5. The lowest BCUT2D eigenvalue weighted by molar-refractivity contribution is -0.140. The third kappa shape index (κ3) is 7.64. The molecule has 1 amide bonds. The van der Waals surface area contributed by atoms with E-state index in [1.807, 2.05) is 0 Å². The summed E-state index contributed by atoms with van der Waals surface area (Å²) in [7, 11) is 3.09. The molecule has 1 aliphatic heterocycles. The molecule has 0 N–H and O–H groups in total. The van der Waals surface area contributed by atoms with E-state index in [1.165, 1.54) is 12.0 Å². The number of alkyl halides is 6. The van der Waals surface area contributed by atoms with Crippen molar-refractivity contribution in [2.45, 2.75) is 44.3 Å². The van der Waals surface area contributed by atoms with Crippen LogP contribution < -0.4 is 15.2 Å². The number of nitrogens with zero attached hydrogens (tertiary/aromatic N) is 8. The molecule has 1 aliphatic rings. The molecule has 0 spiro atoms. The summed E-state index contributed by atoms with van der Waals surface area (Å²) in [6.45, 7) is 0.0559. The molecule has 0 unspecified atom stereocenters. The van der Waals surface area contributed by atoms with Crippen molar-refractivity contribution in [3.63, 3.8) is 0 Å². The van der Waals surface area contributed by atoms with Gasteiger partial charge in [0.25, 0.3) is 5.56 Å². The number of carbonyl (C=O) groups is 1. The Morgan fingerprint density at radius 1 is 0.979 bits per heavy atom. The van der Waals surface area contributed by atoms with E-state index in [0.717, 1.165) is 28.0 Å². The number of methoxy groups -OCH3 is 1. The number of fused-ring (bicyclic) bond motifs is 1. The Labute approximate surface area is 263 Å². The third-order valence-electron chi connectivity index (χ3n) is 7.85. The first-order chi connectivity index (χ1) is 22.3. The van der Waals surface area contributed by atoms with Gasteiger partial charge in [0, 0.05) is 38.6 Å². The Morgan fingerprint density at radius 2 is 1.64 bits per heavy atom. The minimum atomic E-state index is -4.91. The first-order valence-electron chi connectivity index (χ1n) is 14.4. The number of rotatable bonds is 10. The average molecular weight is 669 g/mol. The molecule has 0 saturated carbocycles. The molecule has 0 aliphatic carbocycles. The Morgan fingerprint density at radius 3 is 2.23 bits per heavy atom. The molecule has 3 aromatic heterocycles. The molecule has 4 aromatic rings. The minimum Gasteiger partial charge on any atom is -0.497 e. The summed E-state index contributed by atoms with van der Waals surface area (Å²) in [4.78, 5) is 36.8. The van der Waals surface area contributed by atoms with Gasteiger partial charge in [0.2, 0.25) is 11.9 Å². The molecule has 12 nitrogen and oxygen atoms in total. The van der Waals surface area contributed by atoms with Gasteiger partial charge >= 0.3 is 12.4 Å². The number of amides is 1. The number of hydrogen-bond acceptors (Lipinski definition) is 9. The number of aromatic nitrogens is 6. The summed E-state index contributed by atoms with van der Waals surface area (Å²) in [5.74, 6) is 0.384. The van der Waals surface area contributed by atoms with E-state index in [1.54, 1.807) is 36.2 Å². The Bertz CT molecular complexity index is 1750. The van der Waals surface area contributed by atoms with Crippen molar-refractivity contribution in [1.82, 2.24) is 34.4 Å². The molecule has 47 heavy (non-hydrogen) atoms. The number of likely N-dealkylation sites (N-methyl/N-ethyl adjacent to an activating group) is 1. The highest BCUT2D eigenvalue weighted by atomic mass is 19.4. The van der Waals surface area contributed by atoms with E-state index in [2.05, 4.69) is 20.2 Å². The lowest BCUT2D eigenvalue weighted by Gasteiger charge is -2.36. The normalized spacial score (nSPS) is 14.5. The second-order valence-electron chi connectivity index (χ2n) is 10.8. The number of carbonyl (C=O) groups excluding carboxylic acids is 1. The lowest BCUT2D eigenvalue weighted by Crippen LogP contribution is -2.47. The van der Waals surface area contributed by atoms with Gasteiger partial charge in [0.15, 0.2) is 5.69 Å². The predicted octanol–water partition coefficient (Wildman–Crippen LogP) is 3.62. The van der Waals surface area contributed by atoms with Crippen LogP contribution in [0.15, 0.2) is 47.7 Å². The Balaban J connectivity index is 1.16. The van der Waals surface area contributed by atoms with E-state index < -0.39 is 34.6 Å². The zero-order valence-corrected chi connectivity index (χ0v) is 25.3. The van der Waals surface area contributed by atoms with Crippen LogP contribution in [0.3, 0.4) is 0 Å². The first kappa shape index (κ1) is 33.6. The molecule has 1 aromatic carbocycles. The van der Waals surface area contributed by atoms with Crippen LogP contribution in [0.25, 0.3) is 10.9 Å². The standard InChI is InChI=1S/C29H30F6N8O4/c1-40(20-7-9-41(10-8-20)27-36-13-19(14-37-27)28(30,31)32)23(44)17-47-12-11-42-22-15-38-43(16-18-3-5-21(46-2)6-4-18)26(45)24(22)25(39-42)29(33,34)35/h3-6,13-15,20H,7-12,16-17H2,1-2H3. The maximum absolute atomic E-state index is 13.9. The van der Waals surface area contributed by atoms with Crippen LogP contribution in [0.1, 0.15) is 29.7 Å². The highest BCUT2D eigenvalue weighted by Crippen LogP contribution is 2.32. The minimum absolute atomic E-state index is 0.0676. The zero-order chi connectivity index (χ0) is 33.9. The summed E-state index contributed by atoms with van der Waals surface area (Å²) in [5, 5.41) is 7.08. The van der Waals surface area contributed by atoms with Crippen LogP contribution in [0.5, 0.6) is 5.75 Å². The van der Waals surface area contributed by atoms with Gasteiger partial charge < -0.3 is 19.3 Å². The number of halogens is 6. The molecule has 0 atom stereocenters. The molecule has 252 valence electrons. The molecule has 0 bridgehead atoms. The molecule has 1 fully saturated rings. The van der Waals surface area contributed by atoms with E-state index in [9.17, 15) is 35.9 Å². The van der Waals surface area contributed by atoms with Crippen molar-refractivity contribution in [1.29, 1.82) is 0 Å². The van der Waals surface area contributed by atoms with Crippen LogP contribution in [-0.4, -0.2) is 86.8 Å². The largest absolute Gasteiger partial charge is 0.497 e. The zero-order valence-electron chi connectivity index (χ0n) is 25.3. The fourth-order valence-electron chi connectivity index (χ4n) is 5.21. The van der Waals surface area contributed by atoms with Gasteiger partial charge in [0.05, 0.1) is 44.1 Å². The van der Waals surface area contributed by atoms with Crippen molar-refractivity contribution >= 4 is 22.8 Å². The molecule has 5 rings (SSSR count). The first-order valence-corrected chi connectivity index (χ1v) is 14.4. The number of piperidine rings is 1. The monoisotopic (exact) mass is 668 g/mol. The van der Waals surface area contributed by atoms with Crippen LogP contribution in [0, 0.1) is 0 Å². The number of ether oxygens (including phenoxy) is 2. The fraction of sp³-hybridized carbons (Fsp3) is 0.448. The smallest absolute Gasteiger partial charge is 0.435 e. The molecular weight excluding hydrogens is 638 g/mol. The second-order valence-corrected chi connectivity index (χ2v) is 10.8. The van der Waals surface area contributed by atoms with Gasteiger partial charge in [-0.05, 0) is 30.5 Å². The van der Waals surface area contributed by atoms with Crippen LogP contribution >= 0.6 is 0 Å². The highest BCUT2D eigenvalue weighted by molar-refractivity contribution is 5.80. The summed E-state index contributed by atoms with van der Waals surface area (Å²) >= 11 is 0. The molecular formula is C29H30F6N8O4. The van der Waals surface area contributed by atoms with Crippen LogP contribution in [0.2, 0.25) is 0 Å². The van der Waals surface area contributed by atoms with Gasteiger partial charge in [-0.1, -0.05) is 12.1 Å². The number of anilines is 1.